The van der Waals surface area contributed by atoms with Crippen LogP contribution in [-0.4, -0.2) is 42.1 Å². The molecule has 1 atom stereocenters. The summed E-state index contributed by atoms with van der Waals surface area (Å²) in [4.78, 5) is 14.6. The van der Waals surface area contributed by atoms with E-state index in [1.165, 1.54) is 22.6 Å². The van der Waals surface area contributed by atoms with Gasteiger partial charge in [-0.1, -0.05) is 36.4 Å². The Balaban J connectivity index is 1.11. The number of ether oxygens (including phenoxy) is 1. The zero-order valence-electron chi connectivity index (χ0n) is 17.2. The molecule has 3 aromatic rings. The van der Waals surface area contributed by atoms with E-state index in [0.717, 1.165) is 45.3 Å². The second-order valence-electron chi connectivity index (χ2n) is 8.61. The minimum absolute atomic E-state index is 0.0139. The van der Waals surface area contributed by atoms with Crippen LogP contribution in [0.3, 0.4) is 0 Å². The van der Waals surface area contributed by atoms with E-state index >= 15 is 0 Å². The molecule has 0 unspecified atom stereocenters. The second-order valence-corrected chi connectivity index (χ2v) is 8.61. The number of hydrogen-bond acceptors (Lipinski definition) is 4. The standard InChI is InChI=1S/C25H28N2O3/c28-24(23-6-3-15-29-23)26-17-22-9-10-25(30-22)11-13-27(14-12-25)18-19-7-8-20-4-1-2-5-21(20)16-19/h1-8,15-16,22H,9-14,17-18H2,(H,26,28)/t22-/m0/s1. The van der Waals surface area contributed by atoms with Gasteiger partial charge in [0.2, 0.25) is 0 Å². The minimum Gasteiger partial charge on any atom is -0.459 e. The molecule has 5 nitrogen and oxygen atoms in total. The van der Waals surface area contributed by atoms with Crippen LogP contribution in [0.5, 0.6) is 0 Å². The summed E-state index contributed by atoms with van der Waals surface area (Å²) in [5.74, 6) is 0.180. The van der Waals surface area contributed by atoms with Crippen LogP contribution in [0, 0.1) is 0 Å². The van der Waals surface area contributed by atoms with Crippen molar-refractivity contribution >= 4 is 16.7 Å². The molecule has 1 aromatic heterocycles. The molecule has 2 fully saturated rings. The third-order valence-electron chi connectivity index (χ3n) is 6.56. The maximum absolute atomic E-state index is 12.1. The van der Waals surface area contributed by atoms with Crippen molar-refractivity contribution in [2.24, 2.45) is 0 Å². The molecule has 1 N–H and O–H groups in total. The molecule has 2 saturated heterocycles. The van der Waals surface area contributed by atoms with E-state index in [4.69, 9.17) is 9.15 Å². The molecule has 30 heavy (non-hydrogen) atoms. The lowest BCUT2D eigenvalue weighted by molar-refractivity contribution is -0.0764. The fraction of sp³-hybridized carbons (Fsp3) is 0.400. The van der Waals surface area contributed by atoms with Crippen LogP contribution in [-0.2, 0) is 11.3 Å². The van der Waals surface area contributed by atoms with E-state index in [2.05, 4.69) is 52.7 Å². The summed E-state index contributed by atoms with van der Waals surface area (Å²) in [6, 6.07) is 18.7. The van der Waals surface area contributed by atoms with Crippen molar-refractivity contribution in [3.05, 3.63) is 72.2 Å². The molecule has 3 heterocycles. The average Bonchev–Trinajstić information content (AvgIpc) is 3.45. The molecule has 0 bridgehead atoms. The number of furan rings is 1. The Hall–Kier alpha value is -2.63. The Kier molecular flexibility index (Phi) is 5.32. The molecule has 5 rings (SSSR count). The maximum Gasteiger partial charge on any atom is 0.287 e. The van der Waals surface area contributed by atoms with Gasteiger partial charge in [0.25, 0.3) is 5.91 Å². The molecule has 5 heteroatoms. The smallest absolute Gasteiger partial charge is 0.287 e. The zero-order valence-corrected chi connectivity index (χ0v) is 17.2. The number of carbonyl (C=O) groups is 1. The number of piperidine rings is 1. The van der Waals surface area contributed by atoms with E-state index in [-0.39, 0.29) is 17.6 Å². The highest BCUT2D eigenvalue weighted by atomic mass is 16.5. The summed E-state index contributed by atoms with van der Waals surface area (Å²) in [5.41, 5.74) is 1.36. The predicted molar refractivity (Wildman–Crippen MR) is 116 cm³/mol. The Labute approximate surface area is 177 Å². The molecule has 156 valence electrons. The fourth-order valence-corrected chi connectivity index (χ4v) is 4.82. The third-order valence-corrected chi connectivity index (χ3v) is 6.56. The largest absolute Gasteiger partial charge is 0.459 e. The van der Waals surface area contributed by atoms with Crippen LogP contribution < -0.4 is 5.32 Å². The third kappa shape index (κ3) is 4.13. The Morgan fingerprint density at radius 3 is 2.67 bits per heavy atom. The van der Waals surface area contributed by atoms with Crippen molar-refractivity contribution in [1.29, 1.82) is 0 Å². The molecule has 1 amide bonds. The van der Waals surface area contributed by atoms with Gasteiger partial charge in [0.1, 0.15) is 0 Å². The number of benzene rings is 2. The number of carbonyl (C=O) groups excluding carboxylic acids is 1. The number of nitrogens with one attached hydrogen (secondary N) is 1. The lowest BCUT2D eigenvalue weighted by atomic mass is 9.88. The summed E-state index contributed by atoms with van der Waals surface area (Å²) in [5, 5.41) is 5.54. The van der Waals surface area contributed by atoms with Crippen LogP contribution in [0.15, 0.2) is 65.3 Å². The molecule has 0 radical (unpaired) electrons. The van der Waals surface area contributed by atoms with Gasteiger partial charge in [-0.05, 0) is 60.2 Å². The maximum atomic E-state index is 12.1. The molecule has 2 aliphatic heterocycles. The van der Waals surface area contributed by atoms with E-state index in [1.807, 2.05) is 0 Å². The van der Waals surface area contributed by atoms with Crippen molar-refractivity contribution in [2.45, 2.75) is 43.9 Å². The van der Waals surface area contributed by atoms with E-state index in [0.29, 0.717) is 12.3 Å². The normalized spacial score (nSPS) is 21.3. The van der Waals surface area contributed by atoms with Crippen LogP contribution in [0.1, 0.15) is 41.8 Å². The van der Waals surface area contributed by atoms with Gasteiger partial charge >= 0.3 is 0 Å². The van der Waals surface area contributed by atoms with Gasteiger partial charge < -0.3 is 14.5 Å². The van der Waals surface area contributed by atoms with E-state index < -0.39 is 0 Å². The van der Waals surface area contributed by atoms with Crippen LogP contribution in [0.4, 0.5) is 0 Å². The first kappa shape index (κ1) is 19.3. The number of amides is 1. The van der Waals surface area contributed by atoms with Crippen LogP contribution >= 0.6 is 0 Å². The van der Waals surface area contributed by atoms with Gasteiger partial charge in [0.05, 0.1) is 18.0 Å². The molecular formula is C25H28N2O3. The number of hydrogen-bond donors (Lipinski definition) is 1. The monoisotopic (exact) mass is 404 g/mol. The molecular weight excluding hydrogens is 376 g/mol. The SMILES string of the molecule is O=C(NC[C@@H]1CCC2(CCN(Cc3ccc4ccccc4c3)CC2)O1)c1ccco1. The lowest BCUT2D eigenvalue weighted by Crippen LogP contribution is -2.44. The molecule has 0 saturated carbocycles. The summed E-state index contributed by atoms with van der Waals surface area (Å²) in [7, 11) is 0. The average molecular weight is 405 g/mol. The highest BCUT2D eigenvalue weighted by Gasteiger charge is 2.42. The van der Waals surface area contributed by atoms with E-state index in [1.54, 1.807) is 12.1 Å². The molecule has 2 aliphatic rings. The molecule has 1 spiro atoms. The van der Waals surface area contributed by atoms with Gasteiger partial charge in [0.15, 0.2) is 5.76 Å². The Bertz CT molecular complexity index is 1010. The first-order chi connectivity index (χ1) is 14.7. The van der Waals surface area contributed by atoms with Crippen molar-refractivity contribution < 1.29 is 13.9 Å². The van der Waals surface area contributed by atoms with Crippen molar-refractivity contribution in [3.8, 4) is 0 Å². The first-order valence-electron chi connectivity index (χ1n) is 10.9. The summed E-state index contributed by atoms with van der Waals surface area (Å²) < 4.78 is 11.6. The van der Waals surface area contributed by atoms with Gasteiger partial charge in [-0.2, -0.15) is 0 Å². The summed E-state index contributed by atoms with van der Waals surface area (Å²) in [6.07, 6.45) is 5.81. The molecule has 0 aliphatic carbocycles. The lowest BCUT2D eigenvalue weighted by Gasteiger charge is -2.39. The number of likely N-dealkylation sites (tertiary alicyclic amines) is 1. The van der Waals surface area contributed by atoms with Gasteiger partial charge in [-0.15, -0.1) is 0 Å². The van der Waals surface area contributed by atoms with Gasteiger partial charge in [0, 0.05) is 26.2 Å². The first-order valence-corrected chi connectivity index (χ1v) is 10.9. The fourth-order valence-electron chi connectivity index (χ4n) is 4.82. The number of rotatable bonds is 5. The van der Waals surface area contributed by atoms with Crippen LogP contribution in [0.25, 0.3) is 10.8 Å². The van der Waals surface area contributed by atoms with Crippen LogP contribution in [0.2, 0.25) is 0 Å². The van der Waals surface area contributed by atoms with Crippen molar-refractivity contribution in [3.63, 3.8) is 0 Å². The Morgan fingerprint density at radius 2 is 1.87 bits per heavy atom. The summed E-state index contributed by atoms with van der Waals surface area (Å²) in [6.45, 7) is 3.64. The quantitative estimate of drug-likeness (QED) is 0.686. The highest BCUT2D eigenvalue weighted by Crippen LogP contribution is 2.39. The zero-order chi connectivity index (χ0) is 20.4. The van der Waals surface area contributed by atoms with Crippen molar-refractivity contribution in [2.75, 3.05) is 19.6 Å². The van der Waals surface area contributed by atoms with Crippen molar-refractivity contribution in [1.82, 2.24) is 10.2 Å². The highest BCUT2D eigenvalue weighted by molar-refractivity contribution is 5.91. The second kappa shape index (κ2) is 8.25. The topological polar surface area (TPSA) is 54.7 Å². The Morgan fingerprint density at radius 1 is 1.03 bits per heavy atom. The number of nitrogens with zero attached hydrogens (tertiary/aromatic N) is 1. The predicted octanol–water partition coefficient (Wildman–Crippen LogP) is 4.38. The molecule has 2 aromatic carbocycles. The minimum atomic E-state index is -0.172. The van der Waals surface area contributed by atoms with E-state index in [9.17, 15) is 4.79 Å². The summed E-state index contributed by atoms with van der Waals surface area (Å²) >= 11 is 0. The van der Waals surface area contributed by atoms with Gasteiger partial charge in [-0.25, -0.2) is 0 Å². The number of fused-ring (bicyclic) bond motifs is 1. The van der Waals surface area contributed by atoms with Gasteiger partial charge in [-0.3, -0.25) is 9.69 Å².